The smallest absolute Gasteiger partial charge is 0.335 e. The van der Waals surface area contributed by atoms with E-state index >= 15 is 0 Å². The molecule has 9 atom stereocenters. The lowest BCUT2D eigenvalue weighted by atomic mass is 9.98. The van der Waals surface area contributed by atoms with Gasteiger partial charge in [0, 0.05) is 0 Å². The fourth-order valence-corrected chi connectivity index (χ4v) is 2.27. The molecule has 2 rings (SSSR count). The zero-order valence-corrected chi connectivity index (χ0v) is 11.2. The summed E-state index contributed by atoms with van der Waals surface area (Å²) in [6.07, 6.45) is -15.4. The fraction of sp³-hybridized carbons (Fsp3) is 0.909. The average molecular weight is 326 g/mol. The van der Waals surface area contributed by atoms with Gasteiger partial charge in [-0.3, -0.25) is 0 Å². The Morgan fingerprint density at radius 2 is 1.59 bits per heavy atom. The van der Waals surface area contributed by atoms with Gasteiger partial charge in [-0.2, -0.15) is 0 Å². The first-order valence-electron chi connectivity index (χ1n) is 6.47. The van der Waals surface area contributed by atoms with Gasteiger partial charge in [-0.15, -0.1) is 0 Å². The SMILES string of the molecule is O=C(O)[C@H]1O[C@@H](O[C@@H]2[C@@H](O)[C@@H](O)OC[C@H]2O)[C@H](O)[C@@H](O)[C@@H]1O. The molecule has 2 heterocycles. The van der Waals surface area contributed by atoms with Gasteiger partial charge >= 0.3 is 5.97 Å². The summed E-state index contributed by atoms with van der Waals surface area (Å²) in [7, 11) is 0. The van der Waals surface area contributed by atoms with Crippen LogP contribution in [0.4, 0.5) is 0 Å². The van der Waals surface area contributed by atoms with Gasteiger partial charge in [0.1, 0.15) is 36.6 Å². The van der Waals surface area contributed by atoms with Crippen LogP contribution in [0.3, 0.4) is 0 Å². The molecule has 22 heavy (non-hydrogen) atoms. The molecule has 0 aromatic carbocycles. The molecule has 0 aromatic heterocycles. The van der Waals surface area contributed by atoms with Gasteiger partial charge in [0.2, 0.25) is 0 Å². The summed E-state index contributed by atoms with van der Waals surface area (Å²) in [5.74, 6) is -1.60. The number of hydrogen-bond acceptors (Lipinski definition) is 10. The normalized spacial score (nSPS) is 49.8. The summed E-state index contributed by atoms with van der Waals surface area (Å²) in [5.41, 5.74) is 0. The maximum Gasteiger partial charge on any atom is 0.335 e. The summed E-state index contributed by atoms with van der Waals surface area (Å²) in [5, 5.41) is 66.5. The van der Waals surface area contributed by atoms with Crippen LogP contribution >= 0.6 is 0 Å². The Balaban J connectivity index is 2.11. The second kappa shape index (κ2) is 6.70. The quantitative estimate of drug-likeness (QED) is 0.264. The Labute approximate surface area is 123 Å². The number of aliphatic carboxylic acids is 1. The monoisotopic (exact) mass is 326 g/mol. The van der Waals surface area contributed by atoms with Gasteiger partial charge in [-0.25, -0.2) is 4.79 Å². The molecule has 2 aliphatic rings. The van der Waals surface area contributed by atoms with E-state index in [1.54, 1.807) is 0 Å². The van der Waals surface area contributed by atoms with Crippen molar-refractivity contribution in [3.8, 4) is 0 Å². The molecule has 2 aliphatic heterocycles. The van der Waals surface area contributed by atoms with Crippen molar-refractivity contribution in [1.82, 2.24) is 0 Å². The van der Waals surface area contributed by atoms with Crippen molar-refractivity contribution in [2.45, 2.75) is 55.3 Å². The average Bonchev–Trinajstić information content (AvgIpc) is 2.47. The third-order valence-electron chi connectivity index (χ3n) is 3.55. The Morgan fingerprint density at radius 3 is 2.18 bits per heavy atom. The van der Waals surface area contributed by atoms with Crippen molar-refractivity contribution in [2.75, 3.05) is 6.61 Å². The van der Waals surface area contributed by atoms with Gasteiger partial charge in [0.15, 0.2) is 18.7 Å². The van der Waals surface area contributed by atoms with E-state index in [1.165, 1.54) is 0 Å². The van der Waals surface area contributed by atoms with Gasteiger partial charge in [-0.1, -0.05) is 0 Å². The van der Waals surface area contributed by atoms with Crippen LogP contribution in [0.5, 0.6) is 0 Å². The molecule has 2 fully saturated rings. The first kappa shape index (κ1) is 17.5. The first-order chi connectivity index (χ1) is 10.2. The van der Waals surface area contributed by atoms with E-state index in [-0.39, 0.29) is 6.61 Å². The lowest BCUT2D eigenvalue weighted by Gasteiger charge is -2.42. The second-order valence-electron chi connectivity index (χ2n) is 5.12. The molecule has 0 bridgehead atoms. The summed E-state index contributed by atoms with van der Waals surface area (Å²) < 4.78 is 14.6. The fourth-order valence-electron chi connectivity index (χ4n) is 2.27. The predicted octanol–water partition coefficient (Wildman–Crippen LogP) is -4.67. The van der Waals surface area contributed by atoms with Crippen molar-refractivity contribution >= 4 is 5.97 Å². The molecule has 0 radical (unpaired) electrons. The number of aliphatic hydroxyl groups is 6. The minimum atomic E-state index is -1.89. The molecule has 128 valence electrons. The molecule has 2 saturated heterocycles. The van der Waals surface area contributed by atoms with Crippen LogP contribution in [0.1, 0.15) is 0 Å². The summed E-state index contributed by atoms with van der Waals surface area (Å²) in [4.78, 5) is 10.9. The lowest BCUT2D eigenvalue weighted by molar-refractivity contribution is -0.340. The molecule has 0 amide bonds. The van der Waals surface area contributed by atoms with Crippen LogP contribution in [-0.4, -0.2) is 104 Å². The van der Waals surface area contributed by atoms with Crippen molar-refractivity contribution in [3.63, 3.8) is 0 Å². The van der Waals surface area contributed by atoms with Crippen LogP contribution < -0.4 is 0 Å². The van der Waals surface area contributed by atoms with E-state index in [9.17, 15) is 35.4 Å². The highest BCUT2D eigenvalue weighted by Crippen LogP contribution is 2.26. The van der Waals surface area contributed by atoms with E-state index < -0.39 is 61.3 Å². The molecule has 11 nitrogen and oxygen atoms in total. The van der Waals surface area contributed by atoms with Crippen LogP contribution in [-0.2, 0) is 19.0 Å². The number of ether oxygens (including phenoxy) is 3. The van der Waals surface area contributed by atoms with Gasteiger partial charge in [-0.05, 0) is 0 Å². The predicted molar refractivity (Wildman–Crippen MR) is 63.2 cm³/mol. The van der Waals surface area contributed by atoms with Crippen molar-refractivity contribution in [2.24, 2.45) is 0 Å². The molecular formula is C11H18O11. The number of rotatable bonds is 3. The van der Waals surface area contributed by atoms with E-state index in [1.807, 2.05) is 0 Å². The molecule has 7 N–H and O–H groups in total. The molecule has 0 unspecified atom stereocenters. The second-order valence-corrected chi connectivity index (χ2v) is 5.12. The summed E-state index contributed by atoms with van der Waals surface area (Å²) in [6.45, 7) is -0.376. The third kappa shape index (κ3) is 3.22. The zero-order valence-electron chi connectivity index (χ0n) is 11.2. The lowest BCUT2D eigenvalue weighted by Crippen LogP contribution is -2.63. The Kier molecular flexibility index (Phi) is 5.32. The van der Waals surface area contributed by atoms with Crippen LogP contribution in [0.15, 0.2) is 0 Å². The van der Waals surface area contributed by atoms with Crippen molar-refractivity contribution < 1.29 is 54.8 Å². The molecule has 0 saturated carbocycles. The maximum absolute atomic E-state index is 10.9. The van der Waals surface area contributed by atoms with E-state index in [0.29, 0.717) is 0 Å². The van der Waals surface area contributed by atoms with E-state index in [4.69, 9.17) is 14.6 Å². The highest BCUT2D eigenvalue weighted by Gasteiger charge is 2.50. The van der Waals surface area contributed by atoms with Crippen molar-refractivity contribution in [1.29, 1.82) is 0 Å². The Bertz CT molecular complexity index is 403. The number of carboxylic acid groups (broad SMARTS) is 1. The number of carbonyl (C=O) groups is 1. The number of carboxylic acids is 1. The van der Waals surface area contributed by atoms with Crippen LogP contribution in [0.25, 0.3) is 0 Å². The molecule has 0 spiro atoms. The Morgan fingerprint density at radius 1 is 0.955 bits per heavy atom. The Hall–Kier alpha value is -0.890. The molecule has 0 aromatic rings. The third-order valence-corrected chi connectivity index (χ3v) is 3.55. The highest BCUT2D eigenvalue weighted by molar-refractivity contribution is 5.73. The van der Waals surface area contributed by atoms with Crippen molar-refractivity contribution in [3.05, 3.63) is 0 Å². The minimum Gasteiger partial charge on any atom is -0.479 e. The number of aliphatic hydroxyl groups excluding tert-OH is 6. The minimum absolute atomic E-state index is 0.376. The summed E-state index contributed by atoms with van der Waals surface area (Å²) in [6, 6.07) is 0. The van der Waals surface area contributed by atoms with Gasteiger partial charge in [0.25, 0.3) is 0 Å². The maximum atomic E-state index is 10.9. The summed E-state index contributed by atoms with van der Waals surface area (Å²) >= 11 is 0. The van der Waals surface area contributed by atoms with Crippen LogP contribution in [0, 0.1) is 0 Å². The molecular weight excluding hydrogens is 308 g/mol. The number of hydrogen-bond donors (Lipinski definition) is 7. The highest BCUT2D eigenvalue weighted by atomic mass is 16.7. The first-order valence-corrected chi connectivity index (χ1v) is 6.47. The van der Waals surface area contributed by atoms with Gasteiger partial charge in [0.05, 0.1) is 6.61 Å². The topological polar surface area (TPSA) is 186 Å². The standard InChI is InChI=1S/C11H18O11/c12-2-1-20-10(19)6(16)7(2)21-11-5(15)3(13)4(14)8(22-11)9(17)18/h2-8,10-16,19H,1H2,(H,17,18)/t2-,3+,4+,5-,6-,7+,8+,10+,11-/m1/s1. The van der Waals surface area contributed by atoms with E-state index in [0.717, 1.165) is 0 Å². The largest absolute Gasteiger partial charge is 0.479 e. The molecule has 0 aliphatic carbocycles. The zero-order chi connectivity index (χ0) is 16.6. The van der Waals surface area contributed by atoms with Crippen LogP contribution in [0.2, 0.25) is 0 Å². The molecule has 11 heteroatoms. The van der Waals surface area contributed by atoms with E-state index in [2.05, 4.69) is 4.74 Å². The van der Waals surface area contributed by atoms with Gasteiger partial charge < -0.3 is 50.0 Å².